The van der Waals surface area contributed by atoms with E-state index in [1.807, 2.05) is 7.05 Å². The summed E-state index contributed by atoms with van der Waals surface area (Å²) in [6.45, 7) is 4.18. The molecule has 1 aromatic heterocycles. The number of hydrogen-bond acceptors (Lipinski definition) is 4. The van der Waals surface area contributed by atoms with Crippen molar-refractivity contribution in [2.75, 3.05) is 25.0 Å². The molecule has 0 aliphatic carbocycles. The molecule has 0 bridgehead atoms. The zero-order valence-corrected chi connectivity index (χ0v) is 12.8. The Labute approximate surface area is 125 Å². The fraction of sp³-hybridized carbons (Fsp3) is 0.500. The molecule has 0 atom stereocenters. The molecule has 21 heavy (non-hydrogen) atoms. The summed E-state index contributed by atoms with van der Waals surface area (Å²) in [6, 6.07) is 9.05. The van der Waals surface area contributed by atoms with E-state index >= 15 is 0 Å². The number of anilines is 1. The topological polar surface area (TPSA) is 56.8 Å². The van der Waals surface area contributed by atoms with E-state index in [9.17, 15) is 0 Å². The van der Waals surface area contributed by atoms with Crippen LogP contribution in [0.4, 0.5) is 5.95 Å². The molecule has 112 valence electrons. The summed E-state index contributed by atoms with van der Waals surface area (Å²) in [5, 5.41) is 10.8. The molecule has 1 saturated heterocycles. The van der Waals surface area contributed by atoms with Crippen LogP contribution in [0.15, 0.2) is 24.3 Å². The molecule has 0 saturated carbocycles. The molecule has 1 aliphatic heterocycles. The van der Waals surface area contributed by atoms with Gasteiger partial charge in [0, 0.05) is 25.6 Å². The van der Waals surface area contributed by atoms with Gasteiger partial charge >= 0.3 is 0 Å². The Bertz CT molecular complexity index is 584. The van der Waals surface area contributed by atoms with E-state index in [4.69, 9.17) is 0 Å². The summed E-state index contributed by atoms with van der Waals surface area (Å²) in [5.41, 5.74) is 2.60. The highest BCUT2D eigenvalue weighted by molar-refractivity contribution is 5.32. The lowest BCUT2D eigenvalue weighted by molar-refractivity contribution is 0.439. The van der Waals surface area contributed by atoms with Crippen LogP contribution < -0.4 is 10.2 Å². The molecule has 1 aliphatic rings. The quantitative estimate of drug-likeness (QED) is 0.901. The number of aromatic amines is 1. The number of aryl methyl sites for hydroxylation is 1. The average Bonchev–Trinajstić information content (AvgIpc) is 2.98. The van der Waals surface area contributed by atoms with Gasteiger partial charge in [-0.2, -0.15) is 4.98 Å². The maximum atomic E-state index is 4.66. The van der Waals surface area contributed by atoms with Gasteiger partial charge in [-0.25, -0.2) is 0 Å². The maximum absolute atomic E-state index is 4.66. The van der Waals surface area contributed by atoms with Gasteiger partial charge in [-0.1, -0.05) is 24.3 Å². The highest BCUT2D eigenvalue weighted by atomic mass is 15.4. The third kappa shape index (κ3) is 3.24. The van der Waals surface area contributed by atoms with Crippen molar-refractivity contribution < 1.29 is 0 Å². The molecular formula is C16H23N5. The van der Waals surface area contributed by atoms with Crippen molar-refractivity contribution in [3.8, 4) is 0 Å². The molecule has 5 nitrogen and oxygen atoms in total. The van der Waals surface area contributed by atoms with E-state index < -0.39 is 0 Å². The van der Waals surface area contributed by atoms with Crippen LogP contribution in [-0.2, 0) is 6.42 Å². The highest BCUT2D eigenvalue weighted by Crippen LogP contribution is 2.17. The van der Waals surface area contributed by atoms with Crippen molar-refractivity contribution >= 4 is 5.95 Å². The van der Waals surface area contributed by atoms with Crippen LogP contribution >= 0.6 is 0 Å². The van der Waals surface area contributed by atoms with Gasteiger partial charge in [-0.3, -0.25) is 5.10 Å². The highest BCUT2D eigenvalue weighted by Gasteiger charge is 2.20. The van der Waals surface area contributed by atoms with Crippen LogP contribution in [0, 0.1) is 6.92 Å². The monoisotopic (exact) mass is 285 g/mol. The maximum Gasteiger partial charge on any atom is 0.244 e. The third-order valence-corrected chi connectivity index (χ3v) is 4.33. The fourth-order valence-corrected chi connectivity index (χ4v) is 2.86. The van der Waals surface area contributed by atoms with E-state index in [1.165, 1.54) is 11.1 Å². The molecule has 2 N–H and O–H groups in total. The second-order valence-corrected chi connectivity index (χ2v) is 5.74. The number of nitrogens with zero attached hydrogens (tertiary/aromatic N) is 3. The fourth-order valence-electron chi connectivity index (χ4n) is 2.86. The molecule has 0 radical (unpaired) electrons. The standard InChI is InChI=1S/C16H23N5/c1-12-5-3-4-6-13(12)11-15-18-16(20-19-15)21-9-7-14(17-2)8-10-21/h3-6,14,17H,7-11H2,1-2H3,(H,18,19,20). The van der Waals surface area contributed by atoms with Gasteiger partial charge in [0.05, 0.1) is 0 Å². The molecular weight excluding hydrogens is 262 g/mol. The van der Waals surface area contributed by atoms with E-state index in [-0.39, 0.29) is 0 Å². The first-order valence-corrected chi connectivity index (χ1v) is 7.64. The Balaban J connectivity index is 1.65. The number of H-pyrrole nitrogens is 1. The number of hydrogen-bond donors (Lipinski definition) is 2. The van der Waals surface area contributed by atoms with Crippen LogP contribution in [0.25, 0.3) is 0 Å². The summed E-state index contributed by atoms with van der Waals surface area (Å²) in [5.74, 6) is 1.78. The normalized spacial score (nSPS) is 16.4. The van der Waals surface area contributed by atoms with Crippen molar-refractivity contribution in [3.05, 3.63) is 41.2 Å². The summed E-state index contributed by atoms with van der Waals surface area (Å²) < 4.78 is 0. The molecule has 0 amide bonds. The molecule has 0 unspecified atom stereocenters. The molecule has 1 aromatic carbocycles. The molecule has 2 heterocycles. The summed E-state index contributed by atoms with van der Waals surface area (Å²) in [6.07, 6.45) is 3.11. The Kier molecular flexibility index (Phi) is 4.20. The van der Waals surface area contributed by atoms with Gasteiger partial charge in [0.15, 0.2) is 0 Å². The lowest BCUT2D eigenvalue weighted by Gasteiger charge is -2.30. The first kappa shape index (κ1) is 14.1. The zero-order chi connectivity index (χ0) is 14.7. The predicted octanol–water partition coefficient (Wildman–Crippen LogP) is 1.89. The molecule has 3 rings (SSSR count). The minimum absolute atomic E-state index is 0.631. The predicted molar refractivity (Wildman–Crippen MR) is 84.7 cm³/mol. The average molecular weight is 285 g/mol. The van der Waals surface area contributed by atoms with Gasteiger partial charge in [-0.05, 0) is 37.9 Å². The Hall–Kier alpha value is -1.88. The van der Waals surface area contributed by atoms with Gasteiger partial charge in [0.1, 0.15) is 5.82 Å². The number of benzene rings is 1. The van der Waals surface area contributed by atoms with Crippen molar-refractivity contribution in [2.24, 2.45) is 0 Å². The summed E-state index contributed by atoms with van der Waals surface area (Å²) in [7, 11) is 2.04. The van der Waals surface area contributed by atoms with Gasteiger partial charge in [-0.15, -0.1) is 5.10 Å². The van der Waals surface area contributed by atoms with E-state index in [1.54, 1.807) is 0 Å². The van der Waals surface area contributed by atoms with Crippen LogP contribution in [0.5, 0.6) is 0 Å². The number of nitrogens with one attached hydrogen (secondary N) is 2. The molecule has 1 fully saturated rings. The van der Waals surface area contributed by atoms with Crippen molar-refractivity contribution in [2.45, 2.75) is 32.2 Å². The largest absolute Gasteiger partial charge is 0.339 e. The van der Waals surface area contributed by atoms with Crippen molar-refractivity contribution in [1.29, 1.82) is 0 Å². The van der Waals surface area contributed by atoms with Crippen molar-refractivity contribution in [1.82, 2.24) is 20.5 Å². The van der Waals surface area contributed by atoms with E-state index in [0.29, 0.717) is 6.04 Å². The van der Waals surface area contributed by atoms with Crippen LogP contribution in [-0.4, -0.2) is 41.4 Å². The zero-order valence-electron chi connectivity index (χ0n) is 12.8. The van der Waals surface area contributed by atoms with Crippen LogP contribution in [0.1, 0.15) is 29.8 Å². The van der Waals surface area contributed by atoms with Gasteiger partial charge in [0.25, 0.3) is 0 Å². The molecule has 5 heteroatoms. The summed E-state index contributed by atoms with van der Waals surface area (Å²) in [4.78, 5) is 6.93. The minimum Gasteiger partial charge on any atom is -0.339 e. The Morgan fingerprint density at radius 3 is 2.76 bits per heavy atom. The minimum atomic E-state index is 0.631. The van der Waals surface area contributed by atoms with Crippen molar-refractivity contribution in [3.63, 3.8) is 0 Å². The van der Waals surface area contributed by atoms with Gasteiger partial charge in [0.2, 0.25) is 5.95 Å². The first-order valence-electron chi connectivity index (χ1n) is 7.64. The smallest absolute Gasteiger partial charge is 0.244 e. The lowest BCUT2D eigenvalue weighted by Crippen LogP contribution is -2.41. The number of aromatic nitrogens is 3. The Morgan fingerprint density at radius 1 is 1.29 bits per heavy atom. The number of rotatable bonds is 4. The van der Waals surface area contributed by atoms with Crippen LogP contribution in [0.3, 0.4) is 0 Å². The second kappa shape index (κ2) is 6.26. The first-order chi connectivity index (χ1) is 10.3. The van der Waals surface area contributed by atoms with Gasteiger partial charge < -0.3 is 10.2 Å². The third-order valence-electron chi connectivity index (χ3n) is 4.33. The lowest BCUT2D eigenvalue weighted by atomic mass is 10.1. The van der Waals surface area contributed by atoms with E-state index in [2.05, 4.69) is 56.6 Å². The van der Waals surface area contributed by atoms with E-state index in [0.717, 1.165) is 44.1 Å². The van der Waals surface area contributed by atoms with Crippen LogP contribution in [0.2, 0.25) is 0 Å². The molecule has 0 spiro atoms. The molecule has 2 aromatic rings. The SMILES string of the molecule is CNC1CCN(c2n[nH]c(Cc3ccccc3C)n2)CC1. The Morgan fingerprint density at radius 2 is 2.05 bits per heavy atom. The summed E-state index contributed by atoms with van der Waals surface area (Å²) >= 11 is 0. The second-order valence-electron chi connectivity index (χ2n) is 5.74. The number of piperidine rings is 1.